The summed E-state index contributed by atoms with van der Waals surface area (Å²) in [7, 11) is -1.66. The van der Waals surface area contributed by atoms with Crippen molar-refractivity contribution in [3.63, 3.8) is 0 Å². The minimum Gasteiger partial charge on any atom is -0.361 e. The molecule has 178 valence electrons. The van der Waals surface area contributed by atoms with Gasteiger partial charge in [-0.05, 0) is 37.3 Å². The molecular weight excluding hydrogens is 541 g/mol. The van der Waals surface area contributed by atoms with E-state index in [0.717, 1.165) is 55.2 Å². The zero-order chi connectivity index (χ0) is 22.3. The number of sulfonamides is 1. The lowest BCUT2D eigenvalue weighted by Gasteiger charge is -2.31. The van der Waals surface area contributed by atoms with Crippen LogP contribution >= 0.6 is 24.0 Å². The first-order valence-corrected chi connectivity index (χ1v) is 12.4. The van der Waals surface area contributed by atoms with Gasteiger partial charge in [0.15, 0.2) is 5.96 Å². The van der Waals surface area contributed by atoms with E-state index in [4.69, 9.17) is 4.52 Å². The lowest BCUT2D eigenvalue weighted by Crippen LogP contribution is -2.44. The Kier molecular flexibility index (Phi) is 10.4. The van der Waals surface area contributed by atoms with Crippen LogP contribution in [0.25, 0.3) is 0 Å². The van der Waals surface area contributed by atoms with Gasteiger partial charge in [-0.3, -0.25) is 4.99 Å². The molecule has 2 aromatic rings. The molecule has 0 saturated carbocycles. The van der Waals surface area contributed by atoms with Gasteiger partial charge in [-0.1, -0.05) is 37.2 Å². The smallest absolute Gasteiger partial charge is 0.243 e. The number of halogens is 1. The molecule has 0 spiro atoms. The van der Waals surface area contributed by atoms with Gasteiger partial charge >= 0.3 is 0 Å². The summed E-state index contributed by atoms with van der Waals surface area (Å²) in [5, 5.41) is 10.9. The summed E-state index contributed by atoms with van der Waals surface area (Å²) in [6, 6.07) is 8.65. The molecule has 2 heterocycles. The Balaban J connectivity index is 0.00000363. The maximum atomic E-state index is 12.8. The third-order valence-corrected chi connectivity index (χ3v) is 7.69. The molecular formula is C22H34IN5O3S. The highest BCUT2D eigenvalue weighted by molar-refractivity contribution is 14.0. The lowest BCUT2D eigenvalue weighted by atomic mass is 9.98. The van der Waals surface area contributed by atoms with Gasteiger partial charge in [-0.2, -0.15) is 4.31 Å². The Labute approximate surface area is 208 Å². The molecule has 0 amide bonds. The zero-order valence-electron chi connectivity index (χ0n) is 19.0. The molecule has 2 N–H and O–H groups in total. The minimum atomic E-state index is -3.41. The summed E-state index contributed by atoms with van der Waals surface area (Å²) < 4.78 is 32.6. The van der Waals surface area contributed by atoms with Crippen LogP contribution < -0.4 is 10.6 Å². The van der Waals surface area contributed by atoms with Crippen LogP contribution in [0.3, 0.4) is 0 Å². The number of aromatic nitrogens is 1. The monoisotopic (exact) mass is 575 g/mol. The molecule has 1 saturated heterocycles. The van der Waals surface area contributed by atoms with E-state index in [2.05, 4.69) is 34.6 Å². The van der Waals surface area contributed by atoms with Gasteiger partial charge in [0.2, 0.25) is 10.0 Å². The number of piperidine rings is 1. The van der Waals surface area contributed by atoms with E-state index in [1.165, 1.54) is 0 Å². The van der Waals surface area contributed by atoms with Crippen LogP contribution in [0.4, 0.5) is 0 Å². The Morgan fingerprint density at radius 3 is 2.44 bits per heavy atom. The summed E-state index contributed by atoms with van der Waals surface area (Å²) in [6.45, 7) is 6.57. The third-order valence-electron chi connectivity index (χ3n) is 5.78. The van der Waals surface area contributed by atoms with Crippen LogP contribution in [0.1, 0.15) is 43.7 Å². The van der Waals surface area contributed by atoms with Crippen LogP contribution in [0.5, 0.6) is 0 Å². The summed E-state index contributed by atoms with van der Waals surface area (Å²) in [5.74, 6) is 2.03. The molecule has 1 aliphatic heterocycles. The number of hydrogen-bond donors (Lipinski definition) is 2. The van der Waals surface area contributed by atoms with Crippen LogP contribution in [0.15, 0.2) is 44.7 Å². The highest BCUT2D eigenvalue weighted by atomic mass is 127. The number of aryl methyl sites for hydroxylation is 2. The largest absolute Gasteiger partial charge is 0.361 e. The molecule has 0 radical (unpaired) electrons. The first-order valence-electron chi connectivity index (χ1n) is 11.0. The van der Waals surface area contributed by atoms with Crippen molar-refractivity contribution >= 4 is 40.0 Å². The second-order valence-electron chi connectivity index (χ2n) is 7.71. The SMILES string of the molecule is CCc1noc(CC)c1CNC(=NC)NCC1CCN(S(=O)(=O)c2ccccc2)CC1.I. The van der Waals surface area contributed by atoms with Gasteiger partial charge in [0, 0.05) is 45.2 Å². The average molecular weight is 576 g/mol. The summed E-state index contributed by atoms with van der Waals surface area (Å²) in [5.41, 5.74) is 2.08. The van der Waals surface area contributed by atoms with Crippen molar-refractivity contribution in [1.82, 2.24) is 20.1 Å². The van der Waals surface area contributed by atoms with Crippen molar-refractivity contribution in [2.24, 2.45) is 10.9 Å². The summed E-state index contributed by atoms with van der Waals surface area (Å²) >= 11 is 0. The molecule has 1 fully saturated rings. The maximum absolute atomic E-state index is 12.8. The predicted molar refractivity (Wildman–Crippen MR) is 137 cm³/mol. The van der Waals surface area contributed by atoms with Crippen molar-refractivity contribution in [1.29, 1.82) is 0 Å². The van der Waals surface area contributed by atoms with Crippen molar-refractivity contribution in [2.75, 3.05) is 26.7 Å². The van der Waals surface area contributed by atoms with E-state index in [9.17, 15) is 8.42 Å². The van der Waals surface area contributed by atoms with E-state index in [1.807, 2.05) is 6.07 Å². The number of benzene rings is 1. The number of hydrogen-bond acceptors (Lipinski definition) is 5. The fourth-order valence-electron chi connectivity index (χ4n) is 3.87. The number of nitrogens with zero attached hydrogens (tertiary/aromatic N) is 3. The highest BCUT2D eigenvalue weighted by Gasteiger charge is 2.29. The first-order chi connectivity index (χ1) is 15.0. The highest BCUT2D eigenvalue weighted by Crippen LogP contribution is 2.23. The Morgan fingerprint density at radius 1 is 1.16 bits per heavy atom. The van der Waals surface area contributed by atoms with Crippen molar-refractivity contribution in [2.45, 2.75) is 51.0 Å². The van der Waals surface area contributed by atoms with E-state index in [0.29, 0.717) is 30.4 Å². The fraction of sp³-hybridized carbons (Fsp3) is 0.545. The molecule has 10 heteroatoms. The van der Waals surface area contributed by atoms with Crippen molar-refractivity contribution in [3.05, 3.63) is 47.3 Å². The number of rotatable bonds is 8. The molecule has 1 aliphatic rings. The molecule has 0 bridgehead atoms. The van der Waals surface area contributed by atoms with E-state index < -0.39 is 10.0 Å². The molecule has 1 aromatic heterocycles. The molecule has 0 unspecified atom stereocenters. The molecule has 3 rings (SSSR count). The second-order valence-corrected chi connectivity index (χ2v) is 9.64. The second kappa shape index (κ2) is 12.5. The fourth-order valence-corrected chi connectivity index (χ4v) is 5.36. The van der Waals surface area contributed by atoms with E-state index >= 15 is 0 Å². The predicted octanol–water partition coefficient (Wildman–Crippen LogP) is 3.18. The van der Waals surface area contributed by atoms with Gasteiger partial charge in [-0.15, -0.1) is 24.0 Å². The van der Waals surface area contributed by atoms with Gasteiger partial charge in [0.1, 0.15) is 5.76 Å². The molecule has 0 aliphatic carbocycles. The van der Waals surface area contributed by atoms with Crippen LogP contribution in [-0.2, 0) is 29.4 Å². The number of aliphatic imine (C=N–C) groups is 1. The third kappa shape index (κ3) is 6.44. The van der Waals surface area contributed by atoms with Gasteiger partial charge in [0.25, 0.3) is 0 Å². The Morgan fingerprint density at radius 2 is 1.84 bits per heavy atom. The number of guanidine groups is 1. The molecule has 1 aromatic carbocycles. The average Bonchev–Trinajstić information content (AvgIpc) is 3.22. The van der Waals surface area contributed by atoms with Gasteiger partial charge in [0.05, 0.1) is 10.6 Å². The first kappa shape index (κ1) is 26.6. The van der Waals surface area contributed by atoms with Crippen LogP contribution in [0.2, 0.25) is 0 Å². The lowest BCUT2D eigenvalue weighted by molar-refractivity contribution is 0.273. The van der Waals surface area contributed by atoms with Crippen LogP contribution in [0, 0.1) is 5.92 Å². The quantitative estimate of drug-likeness (QED) is 0.285. The molecule has 0 atom stereocenters. The normalized spacial score (nSPS) is 15.9. The summed E-state index contributed by atoms with van der Waals surface area (Å²) in [4.78, 5) is 4.68. The summed E-state index contributed by atoms with van der Waals surface area (Å²) in [6.07, 6.45) is 3.28. The van der Waals surface area contributed by atoms with Crippen LogP contribution in [-0.4, -0.2) is 50.5 Å². The van der Waals surface area contributed by atoms with Crippen molar-refractivity contribution < 1.29 is 12.9 Å². The van der Waals surface area contributed by atoms with Gasteiger partial charge in [-0.25, -0.2) is 8.42 Å². The zero-order valence-corrected chi connectivity index (χ0v) is 22.2. The molecule has 8 nitrogen and oxygen atoms in total. The van der Waals surface area contributed by atoms with E-state index in [-0.39, 0.29) is 24.0 Å². The standard InChI is InChI=1S/C22H33N5O3S.HI/c1-4-20-19(21(5-2)30-26-20)16-25-22(23-3)24-15-17-11-13-27(14-12-17)31(28,29)18-9-7-6-8-10-18;/h6-10,17H,4-5,11-16H2,1-3H3,(H2,23,24,25);1H. The van der Waals surface area contributed by atoms with Crippen molar-refractivity contribution in [3.8, 4) is 0 Å². The number of nitrogens with one attached hydrogen (secondary N) is 2. The van der Waals surface area contributed by atoms with E-state index in [1.54, 1.807) is 35.6 Å². The minimum absolute atomic E-state index is 0. The molecule has 32 heavy (non-hydrogen) atoms. The topological polar surface area (TPSA) is 99.8 Å². The maximum Gasteiger partial charge on any atom is 0.243 e. The Hall–Kier alpha value is -1.66. The van der Waals surface area contributed by atoms with Gasteiger partial charge < -0.3 is 15.2 Å². The Bertz CT molecular complexity index is 949.